The molecule has 4 heteroatoms. The van der Waals surface area contributed by atoms with E-state index < -0.39 is 0 Å². The summed E-state index contributed by atoms with van der Waals surface area (Å²) in [7, 11) is 0. The predicted molar refractivity (Wildman–Crippen MR) is 74.3 cm³/mol. The zero-order valence-corrected chi connectivity index (χ0v) is 11.6. The molecule has 1 aliphatic heterocycles. The number of imidazole rings is 1. The van der Waals surface area contributed by atoms with Gasteiger partial charge in [-0.15, -0.1) is 0 Å². The number of rotatable bonds is 3. The average Bonchev–Trinajstić information content (AvgIpc) is 2.91. The predicted octanol–water partition coefficient (Wildman–Crippen LogP) is 3.28. The maximum Gasteiger partial charge on any atom is 0.122 e. The first-order chi connectivity index (χ1) is 8.84. The zero-order valence-electron chi connectivity index (χ0n) is 9.97. The fourth-order valence-electron chi connectivity index (χ4n) is 2.48. The minimum absolute atomic E-state index is 0.383. The molecule has 0 saturated heterocycles. The summed E-state index contributed by atoms with van der Waals surface area (Å²) in [6, 6.07) is 8.31. The van der Waals surface area contributed by atoms with Crippen LogP contribution >= 0.6 is 15.9 Å². The highest BCUT2D eigenvalue weighted by molar-refractivity contribution is 9.09. The number of aromatic nitrogens is 2. The lowest BCUT2D eigenvalue weighted by atomic mass is 9.89. The molecule has 2 unspecified atom stereocenters. The van der Waals surface area contributed by atoms with Crippen LogP contribution in [0.1, 0.15) is 23.7 Å². The van der Waals surface area contributed by atoms with Crippen LogP contribution < -0.4 is 4.74 Å². The summed E-state index contributed by atoms with van der Waals surface area (Å²) in [6.07, 6.45) is 5.62. The van der Waals surface area contributed by atoms with Crippen LogP contribution in [0.25, 0.3) is 0 Å². The standard InChI is InChI=1S/C14H15BrN2O/c15-12(9-14-16-6-7-17-14)10-5-8-18-13-4-2-1-3-11(10)13/h1-4,6-7,10,12H,5,8-9H2,(H,16,17). The van der Waals surface area contributed by atoms with Crippen LogP contribution in [0.2, 0.25) is 0 Å². The molecular weight excluding hydrogens is 292 g/mol. The van der Waals surface area contributed by atoms with E-state index in [9.17, 15) is 0 Å². The van der Waals surface area contributed by atoms with Gasteiger partial charge in [-0.2, -0.15) is 0 Å². The summed E-state index contributed by atoms with van der Waals surface area (Å²) < 4.78 is 5.69. The molecule has 0 saturated carbocycles. The van der Waals surface area contributed by atoms with Gasteiger partial charge in [0.25, 0.3) is 0 Å². The Morgan fingerprint density at radius 1 is 1.44 bits per heavy atom. The molecule has 0 radical (unpaired) electrons. The number of ether oxygens (including phenoxy) is 1. The van der Waals surface area contributed by atoms with E-state index in [0.29, 0.717) is 10.7 Å². The molecule has 3 nitrogen and oxygen atoms in total. The fourth-order valence-corrected chi connectivity index (χ4v) is 3.34. The third-order valence-corrected chi connectivity index (χ3v) is 4.35. The van der Waals surface area contributed by atoms with Crippen LogP contribution in [0.4, 0.5) is 0 Å². The van der Waals surface area contributed by atoms with Gasteiger partial charge in [0, 0.05) is 29.6 Å². The van der Waals surface area contributed by atoms with E-state index in [1.807, 2.05) is 18.3 Å². The smallest absolute Gasteiger partial charge is 0.122 e. The van der Waals surface area contributed by atoms with Crippen molar-refractivity contribution < 1.29 is 4.74 Å². The Morgan fingerprint density at radius 2 is 2.33 bits per heavy atom. The molecule has 94 valence electrons. The molecule has 0 aliphatic carbocycles. The van der Waals surface area contributed by atoms with Gasteiger partial charge >= 0.3 is 0 Å². The summed E-state index contributed by atoms with van der Waals surface area (Å²) >= 11 is 3.82. The number of hydrogen-bond donors (Lipinski definition) is 1. The fraction of sp³-hybridized carbons (Fsp3) is 0.357. The minimum Gasteiger partial charge on any atom is -0.493 e. The van der Waals surface area contributed by atoms with Gasteiger partial charge in [0.05, 0.1) is 6.61 Å². The third-order valence-electron chi connectivity index (χ3n) is 3.38. The van der Waals surface area contributed by atoms with Crippen molar-refractivity contribution in [1.29, 1.82) is 0 Å². The van der Waals surface area contributed by atoms with Crippen molar-refractivity contribution in [3.8, 4) is 5.75 Å². The Bertz CT molecular complexity index is 512. The van der Waals surface area contributed by atoms with E-state index in [2.05, 4.69) is 38.0 Å². The van der Waals surface area contributed by atoms with Crippen LogP contribution in [0, 0.1) is 0 Å². The van der Waals surface area contributed by atoms with E-state index >= 15 is 0 Å². The van der Waals surface area contributed by atoms with Gasteiger partial charge < -0.3 is 9.72 Å². The van der Waals surface area contributed by atoms with Crippen molar-refractivity contribution in [1.82, 2.24) is 9.97 Å². The van der Waals surface area contributed by atoms with Gasteiger partial charge in [-0.25, -0.2) is 4.98 Å². The van der Waals surface area contributed by atoms with Crippen molar-refractivity contribution in [2.45, 2.75) is 23.6 Å². The van der Waals surface area contributed by atoms with Gasteiger partial charge in [0.1, 0.15) is 11.6 Å². The topological polar surface area (TPSA) is 37.9 Å². The van der Waals surface area contributed by atoms with Crippen LogP contribution in [-0.4, -0.2) is 21.4 Å². The van der Waals surface area contributed by atoms with Gasteiger partial charge in [-0.05, 0) is 18.1 Å². The summed E-state index contributed by atoms with van der Waals surface area (Å²) in [4.78, 5) is 7.83. The highest BCUT2D eigenvalue weighted by Gasteiger charge is 2.27. The average molecular weight is 307 g/mol. The summed E-state index contributed by atoms with van der Waals surface area (Å²) in [5, 5.41) is 0. The molecule has 3 rings (SSSR count). The van der Waals surface area contributed by atoms with Crippen molar-refractivity contribution in [2.24, 2.45) is 0 Å². The molecular formula is C14H15BrN2O. The molecule has 1 aromatic heterocycles. The lowest BCUT2D eigenvalue weighted by Crippen LogP contribution is -2.23. The summed E-state index contributed by atoms with van der Waals surface area (Å²) in [6.45, 7) is 0.794. The van der Waals surface area contributed by atoms with E-state index in [1.54, 1.807) is 6.20 Å². The van der Waals surface area contributed by atoms with Crippen molar-refractivity contribution >= 4 is 15.9 Å². The van der Waals surface area contributed by atoms with Gasteiger partial charge in [0.15, 0.2) is 0 Å². The highest BCUT2D eigenvalue weighted by atomic mass is 79.9. The van der Waals surface area contributed by atoms with E-state index in [0.717, 1.165) is 31.0 Å². The number of fused-ring (bicyclic) bond motifs is 1. The molecule has 2 aromatic rings. The van der Waals surface area contributed by atoms with Crippen molar-refractivity contribution in [3.05, 3.63) is 48.0 Å². The maximum absolute atomic E-state index is 5.69. The van der Waals surface area contributed by atoms with Crippen molar-refractivity contribution in [3.63, 3.8) is 0 Å². The molecule has 2 atom stereocenters. The number of hydrogen-bond acceptors (Lipinski definition) is 2. The molecule has 0 fully saturated rings. The largest absolute Gasteiger partial charge is 0.493 e. The quantitative estimate of drug-likeness (QED) is 0.884. The number of H-pyrrole nitrogens is 1. The Kier molecular flexibility index (Phi) is 3.37. The van der Waals surface area contributed by atoms with E-state index in [1.165, 1.54) is 5.56 Å². The number of halogens is 1. The highest BCUT2D eigenvalue weighted by Crippen LogP contribution is 2.38. The molecule has 1 aromatic carbocycles. The molecule has 1 N–H and O–H groups in total. The zero-order chi connectivity index (χ0) is 12.4. The Hall–Kier alpha value is -1.29. The number of alkyl halides is 1. The number of nitrogens with zero attached hydrogens (tertiary/aromatic N) is 1. The number of nitrogens with one attached hydrogen (secondary N) is 1. The summed E-state index contributed by atoms with van der Waals surface area (Å²) in [5.74, 6) is 2.54. The number of benzene rings is 1. The van der Waals surface area contributed by atoms with E-state index in [-0.39, 0.29) is 0 Å². The third kappa shape index (κ3) is 2.29. The number of para-hydroxylation sites is 1. The minimum atomic E-state index is 0.383. The molecule has 0 spiro atoms. The molecule has 0 amide bonds. The second kappa shape index (κ2) is 5.14. The molecule has 2 heterocycles. The monoisotopic (exact) mass is 306 g/mol. The van der Waals surface area contributed by atoms with Crippen molar-refractivity contribution in [2.75, 3.05) is 6.61 Å². The van der Waals surface area contributed by atoms with Crippen LogP contribution in [0.3, 0.4) is 0 Å². The first kappa shape index (κ1) is 11.8. The first-order valence-electron chi connectivity index (χ1n) is 6.18. The molecule has 0 bridgehead atoms. The Morgan fingerprint density at radius 3 is 3.17 bits per heavy atom. The lowest BCUT2D eigenvalue weighted by Gasteiger charge is -2.29. The Labute approximate surface area is 115 Å². The first-order valence-corrected chi connectivity index (χ1v) is 7.10. The maximum atomic E-state index is 5.69. The van der Waals surface area contributed by atoms with Gasteiger partial charge in [0.2, 0.25) is 0 Å². The Balaban J connectivity index is 1.80. The second-order valence-corrected chi connectivity index (χ2v) is 5.71. The normalized spacial score (nSPS) is 19.9. The van der Waals surface area contributed by atoms with Crippen LogP contribution in [0.15, 0.2) is 36.7 Å². The SMILES string of the molecule is BrC(Cc1ncc[nH]1)C1CCOc2ccccc21. The molecule has 18 heavy (non-hydrogen) atoms. The van der Waals surface area contributed by atoms with Crippen LogP contribution in [0.5, 0.6) is 5.75 Å². The molecule has 1 aliphatic rings. The van der Waals surface area contributed by atoms with Gasteiger partial charge in [-0.3, -0.25) is 0 Å². The number of aromatic amines is 1. The van der Waals surface area contributed by atoms with E-state index in [4.69, 9.17) is 4.74 Å². The lowest BCUT2D eigenvalue weighted by molar-refractivity contribution is 0.265. The summed E-state index contributed by atoms with van der Waals surface area (Å²) in [5.41, 5.74) is 1.30. The van der Waals surface area contributed by atoms with Crippen LogP contribution in [-0.2, 0) is 6.42 Å². The second-order valence-electron chi connectivity index (χ2n) is 4.54. The van der Waals surface area contributed by atoms with Gasteiger partial charge in [-0.1, -0.05) is 34.1 Å².